The predicted octanol–water partition coefficient (Wildman–Crippen LogP) is 2.34. The van der Waals surface area contributed by atoms with E-state index in [1.807, 2.05) is 30.3 Å². The third-order valence-corrected chi connectivity index (χ3v) is 4.79. The van der Waals surface area contributed by atoms with Crippen LogP contribution < -0.4 is 0 Å². The standard InChI is InChI=1S/C20H22N2O5/c1-21(13-17(23)22-10-5-8-15(12-22)20(25)26)19(24)18-16(9-11-27-18)14-6-3-2-4-7-14/h2-4,6-7,9,11,15H,5,8,10,12-13H2,1H3,(H,25,26). The summed E-state index contributed by atoms with van der Waals surface area (Å²) in [4.78, 5) is 39.3. The molecule has 1 fully saturated rings. The van der Waals surface area contributed by atoms with Crippen LogP contribution in [-0.4, -0.2) is 59.4 Å². The Labute approximate surface area is 157 Å². The predicted molar refractivity (Wildman–Crippen MR) is 98.0 cm³/mol. The first-order valence-electron chi connectivity index (χ1n) is 8.86. The van der Waals surface area contributed by atoms with E-state index in [0.29, 0.717) is 24.9 Å². The van der Waals surface area contributed by atoms with E-state index < -0.39 is 11.9 Å². The van der Waals surface area contributed by atoms with Crippen LogP contribution in [0.4, 0.5) is 0 Å². The van der Waals surface area contributed by atoms with Crippen LogP contribution in [0.5, 0.6) is 0 Å². The lowest BCUT2D eigenvalue weighted by Crippen LogP contribution is -2.46. The van der Waals surface area contributed by atoms with Gasteiger partial charge in [-0.05, 0) is 24.5 Å². The Kier molecular flexibility index (Phi) is 5.59. The SMILES string of the molecule is CN(CC(=O)N1CCCC(C(=O)O)C1)C(=O)c1occc1-c1ccccc1. The molecule has 1 aliphatic heterocycles. The molecule has 2 aromatic rings. The molecule has 1 saturated heterocycles. The van der Waals surface area contributed by atoms with Crippen molar-refractivity contribution in [2.24, 2.45) is 5.92 Å². The molecule has 142 valence electrons. The van der Waals surface area contributed by atoms with Crippen LogP contribution >= 0.6 is 0 Å². The van der Waals surface area contributed by atoms with Gasteiger partial charge in [0.1, 0.15) is 0 Å². The molecule has 0 spiro atoms. The van der Waals surface area contributed by atoms with Crippen molar-refractivity contribution >= 4 is 17.8 Å². The Morgan fingerprint density at radius 2 is 1.96 bits per heavy atom. The molecule has 27 heavy (non-hydrogen) atoms. The molecule has 1 aliphatic rings. The van der Waals surface area contributed by atoms with Crippen LogP contribution in [-0.2, 0) is 9.59 Å². The average Bonchev–Trinajstić information content (AvgIpc) is 3.17. The summed E-state index contributed by atoms with van der Waals surface area (Å²) in [5.41, 5.74) is 1.53. The van der Waals surface area contributed by atoms with Crippen LogP contribution in [0.2, 0.25) is 0 Å². The van der Waals surface area contributed by atoms with Crippen molar-refractivity contribution in [3.63, 3.8) is 0 Å². The number of carboxylic acid groups (broad SMARTS) is 1. The second kappa shape index (κ2) is 8.07. The molecule has 2 amide bonds. The van der Waals surface area contributed by atoms with E-state index in [-0.39, 0.29) is 30.7 Å². The number of benzene rings is 1. The summed E-state index contributed by atoms with van der Waals surface area (Å²) in [7, 11) is 1.54. The molecule has 1 aromatic carbocycles. The van der Waals surface area contributed by atoms with Gasteiger partial charge in [-0.15, -0.1) is 0 Å². The number of hydrogen-bond donors (Lipinski definition) is 1. The molecule has 7 heteroatoms. The Morgan fingerprint density at radius 1 is 1.22 bits per heavy atom. The zero-order valence-corrected chi connectivity index (χ0v) is 15.1. The molecular weight excluding hydrogens is 348 g/mol. The van der Waals surface area contributed by atoms with Gasteiger partial charge in [0.25, 0.3) is 5.91 Å². The fourth-order valence-corrected chi connectivity index (χ4v) is 3.27. The minimum atomic E-state index is -0.889. The summed E-state index contributed by atoms with van der Waals surface area (Å²) in [6.07, 6.45) is 2.67. The topological polar surface area (TPSA) is 91.1 Å². The van der Waals surface area contributed by atoms with Crippen LogP contribution in [0, 0.1) is 5.92 Å². The number of hydrogen-bond acceptors (Lipinski definition) is 4. The molecule has 0 saturated carbocycles. The van der Waals surface area contributed by atoms with Crippen LogP contribution in [0.3, 0.4) is 0 Å². The van der Waals surface area contributed by atoms with Crippen molar-refractivity contribution in [1.82, 2.24) is 9.80 Å². The highest BCUT2D eigenvalue weighted by Crippen LogP contribution is 2.25. The number of likely N-dealkylation sites (N-methyl/N-ethyl adjacent to an activating group) is 1. The fraction of sp³-hybridized carbons (Fsp3) is 0.350. The number of carbonyl (C=O) groups is 3. The largest absolute Gasteiger partial charge is 0.481 e. The maximum absolute atomic E-state index is 12.8. The number of amides is 2. The minimum absolute atomic E-state index is 0.125. The first-order chi connectivity index (χ1) is 13.0. The number of aliphatic carboxylic acids is 1. The van der Waals surface area contributed by atoms with Gasteiger partial charge in [-0.3, -0.25) is 14.4 Å². The number of carbonyl (C=O) groups excluding carboxylic acids is 2. The lowest BCUT2D eigenvalue weighted by Gasteiger charge is -2.31. The van der Waals surface area contributed by atoms with Crippen molar-refractivity contribution < 1.29 is 23.9 Å². The van der Waals surface area contributed by atoms with Gasteiger partial charge in [0.05, 0.1) is 18.7 Å². The molecule has 1 N–H and O–H groups in total. The van der Waals surface area contributed by atoms with Crippen molar-refractivity contribution in [1.29, 1.82) is 0 Å². The van der Waals surface area contributed by atoms with Gasteiger partial charge >= 0.3 is 5.97 Å². The second-order valence-corrected chi connectivity index (χ2v) is 6.71. The van der Waals surface area contributed by atoms with E-state index >= 15 is 0 Å². The smallest absolute Gasteiger partial charge is 0.308 e. The van der Waals surface area contributed by atoms with Crippen molar-refractivity contribution in [2.75, 3.05) is 26.7 Å². The molecule has 7 nitrogen and oxygen atoms in total. The summed E-state index contributed by atoms with van der Waals surface area (Å²) < 4.78 is 5.38. The van der Waals surface area contributed by atoms with Gasteiger partial charge in [0.2, 0.25) is 5.91 Å². The van der Waals surface area contributed by atoms with Gasteiger partial charge < -0.3 is 19.3 Å². The van der Waals surface area contributed by atoms with Crippen LogP contribution in [0.1, 0.15) is 23.4 Å². The summed E-state index contributed by atoms with van der Waals surface area (Å²) in [5, 5.41) is 9.16. The van der Waals surface area contributed by atoms with Gasteiger partial charge in [0, 0.05) is 25.7 Å². The summed E-state index contributed by atoms with van der Waals surface area (Å²) in [6.45, 7) is 0.576. The molecule has 1 unspecified atom stereocenters. The summed E-state index contributed by atoms with van der Waals surface area (Å²) in [6, 6.07) is 11.1. The lowest BCUT2D eigenvalue weighted by molar-refractivity contribution is -0.145. The zero-order valence-electron chi connectivity index (χ0n) is 15.1. The number of carboxylic acids is 1. The first-order valence-corrected chi connectivity index (χ1v) is 8.86. The Bertz CT molecular complexity index is 830. The molecule has 3 rings (SSSR count). The van der Waals surface area contributed by atoms with Gasteiger partial charge in [-0.25, -0.2) is 0 Å². The Morgan fingerprint density at radius 3 is 2.67 bits per heavy atom. The fourth-order valence-electron chi connectivity index (χ4n) is 3.27. The zero-order chi connectivity index (χ0) is 19.4. The highest BCUT2D eigenvalue weighted by molar-refractivity contribution is 5.99. The number of rotatable bonds is 5. The Balaban J connectivity index is 1.67. The van der Waals surface area contributed by atoms with Gasteiger partial charge in [-0.1, -0.05) is 30.3 Å². The summed E-state index contributed by atoms with van der Waals surface area (Å²) in [5.74, 6) is -1.90. The number of nitrogens with zero attached hydrogens (tertiary/aromatic N) is 2. The van der Waals surface area contributed by atoms with E-state index in [0.717, 1.165) is 5.56 Å². The lowest BCUT2D eigenvalue weighted by atomic mass is 9.98. The number of likely N-dealkylation sites (tertiary alicyclic amines) is 1. The van der Waals surface area contributed by atoms with Gasteiger partial charge in [-0.2, -0.15) is 0 Å². The van der Waals surface area contributed by atoms with E-state index in [1.165, 1.54) is 23.1 Å². The number of piperidine rings is 1. The molecule has 0 radical (unpaired) electrons. The third-order valence-electron chi connectivity index (χ3n) is 4.79. The Hall–Kier alpha value is -3.09. The van der Waals surface area contributed by atoms with Crippen molar-refractivity contribution in [2.45, 2.75) is 12.8 Å². The molecule has 0 aliphatic carbocycles. The van der Waals surface area contributed by atoms with E-state index in [2.05, 4.69) is 0 Å². The molecule has 1 aromatic heterocycles. The maximum Gasteiger partial charge on any atom is 0.308 e. The van der Waals surface area contributed by atoms with Gasteiger partial charge in [0.15, 0.2) is 5.76 Å². The molecule has 1 atom stereocenters. The highest BCUT2D eigenvalue weighted by atomic mass is 16.4. The highest BCUT2D eigenvalue weighted by Gasteiger charge is 2.30. The summed E-state index contributed by atoms with van der Waals surface area (Å²) >= 11 is 0. The molecule has 0 bridgehead atoms. The molecule has 2 heterocycles. The maximum atomic E-state index is 12.8. The monoisotopic (exact) mass is 370 g/mol. The second-order valence-electron chi connectivity index (χ2n) is 6.71. The van der Waals surface area contributed by atoms with E-state index in [4.69, 9.17) is 9.52 Å². The van der Waals surface area contributed by atoms with Crippen LogP contribution in [0.15, 0.2) is 47.1 Å². The number of furan rings is 1. The quantitative estimate of drug-likeness (QED) is 0.872. The molecular formula is C20H22N2O5. The third kappa shape index (κ3) is 4.19. The average molecular weight is 370 g/mol. The minimum Gasteiger partial charge on any atom is -0.481 e. The first kappa shape index (κ1) is 18.7. The normalized spacial score (nSPS) is 16.8. The van der Waals surface area contributed by atoms with Crippen LogP contribution in [0.25, 0.3) is 11.1 Å². The van der Waals surface area contributed by atoms with E-state index in [1.54, 1.807) is 6.07 Å². The van der Waals surface area contributed by atoms with E-state index in [9.17, 15) is 14.4 Å². The van der Waals surface area contributed by atoms with Crippen molar-refractivity contribution in [3.05, 3.63) is 48.4 Å². The van der Waals surface area contributed by atoms with Crippen molar-refractivity contribution in [3.8, 4) is 11.1 Å².